The Bertz CT molecular complexity index is 547. The van der Waals surface area contributed by atoms with E-state index in [1.807, 2.05) is 36.4 Å². The molecule has 0 aliphatic rings. The Balaban J connectivity index is 2.06. The lowest BCUT2D eigenvalue weighted by atomic mass is 10.0. The van der Waals surface area contributed by atoms with Crippen molar-refractivity contribution in [2.45, 2.75) is 6.42 Å². The molecule has 0 saturated carbocycles. The first-order valence-electron chi connectivity index (χ1n) is 5.80. The van der Waals surface area contributed by atoms with Crippen molar-refractivity contribution < 1.29 is 14.9 Å². The number of rotatable bonds is 5. The molecule has 0 bridgehead atoms. The van der Waals surface area contributed by atoms with Gasteiger partial charge in [0.25, 0.3) is 0 Å². The monoisotopic (exact) mass is 274 g/mol. The van der Waals surface area contributed by atoms with Crippen LogP contribution in [0.25, 0.3) is 0 Å². The molecule has 0 amide bonds. The lowest BCUT2D eigenvalue weighted by Gasteiger charge is -2.06. The van der Waals surface area contributed by atoms with Gasteiger partial charge in [0.1, 0.15) is 5.75 Å². The lowest BCUT2D eigenvalue weighted by Crippen LogP contribution is -2.02. The molecule has 3 nitrogen and oxygen atoms in total. The molecular weight excluding hydrogens is 260 g/mol. The van der Waals surface area contributed by atoms with Crippen molar-refractivity contribution in [2.24, 2.45) is 0 Å². The summed E-state index contributed by atoms with van der Waals surface area (Å²) in [6.45, 7) is 0. The van der Waals surface area contributed by atoms with E-state index in [2.05, 4.69) is 4.89 Å². The predicted octanol–water partition coefficient (Wildman–Crippen LogP) is 3.51. The largest absolute Gasteiger partial charge is 0.497 e. The van der Waals surface area contributed by atoms with E-state index in [4.69, 9.17) is 22.2 Å². The number of ether oxygens (including phenoxy) is 1. The van der Waals surface area contributed by atoms with E-state index in [9.17, 15) is 0 Å². The van der Waals surface area contributed by atoms with Crippen LogP contribution in [-0.2, 0) is 6.42 Å². The van der Waals surface area contributed by atoms with E-state index in [0.717, 1.165) is 21.7 Å². The second-order valence-corrected chi connectivity index (χ2v) is 4.56. The SMILES string of the molecule is COc1ccc(C(=S)Cc2ccc(OO)cc2)cc1. The summed E-state index contributed by atoms with van der Waals surface area (Å²) in [4.78, 5) is 5.00. The highest BCUT2D eigenvalue weighted by molar-refractivity contribution is 7.80. The first-order valence-corrected chi connectivity index (χ1v) is 6.21. The third-order valence-electron chi connectivity index (χ3n) is 2.81. The number of methoxy groups -OCH3 is 1. The molecule has 0 saturated heterocycles. The second-order valence-electron chi connectivity index (χ2n) is 4.06. The lowest BCUT2D eigenvalue weighted by molar-refractivity contribution is -0.137. The Kier molecular flexibility index (Phi) is 4.49. The van der Waals surface area contributed by atoms with Crippen LogP contribution in [0.3, 0.4) is 0 Å². The Hall–Kier alpha value is -1.91. The molecule has 0 heterocycles. The Morgan fingerprint density at radius 3 is 2.11 bits per heavy atom. The third kappa shape index (κ3) is 3.53. The number of hydrogen-bond donors (Lipinski definition) is 1. The molecule has 0 spiro atoms. The van der Waals surface area contributed by atoms with Gasteiger partial charge in [0.05, 0.1) is 7.11 Å². The van der Waals surface area contributed by atoms with Crippen LogP contribution in [0.15, 0.2) is 48.5 Å². The molecule has 4 heteroatoms. The summed E-state index contributed by atoms with van der Waals surface area (Å²) in [7, 11) is 1.64. The van der Waals surface area contributed by atoms with Crippen LogP contribution in [0.1, 0.15) is 11.1 Å². The van der Waals surface area contributed by atoms with E-state index in [0.29, 0.717) is 12.2 Å². The fraction of sp³-hybridized carbons (Fsp3) is 0.133. The van der Waals surface area contributed by atoms with Gasteiger partial charge in [-0.25, -0.2) is 5.26 Å². The Morgan fingerprint density at radius 2 is 1.58 bits per heavy atom. The van der Waals surface area contributed by atoms with Crippen molar-refractivity contribution in [3.63, 3.8) is 0 Å². The maximum atomic E-state index is 8.50. The van der Waals surface area contributed by atoms with Gasteiger partial charge in [-0.15, -0.1) is 0 Å². The molecule has 0 atom stereocenters. The average molecular weight is 274 g/mol. The van der Waals surface area contributed by atoms with Crippen molar-refractivity contribution in [2.75, 3.05) is 7.11 Å². The standard InChI is InChI=1S/C15H14O3S/c1-17-13-8-4-12(5-9-13)15(19)10-11-2-6-14(18-16)7-3-11/h2-9,16H,10H2,1H3. The predicted molar refractivity (Wildman–Crippen MR) is 78.1 cm³/mol. The van der Waals surface area contributed by atoms with Crippen LogP contribution in [0.4, 0.5) is 0 Å². The first kappa shape index (κ1) is 13.5. The van der Waals surface area contributed by atoms with E-state index >= 15 is 0 Å². The van der Waals surface area contributed by atoms with Crippen LogP contribution >= 0.6 is 12.2 Å². The van der Waals surface area contributed by atoms with Gasteiger partial charge >= 0.3 is 0 Å². The van der Waals surface area contributed by atoms with Gasteiger partial charge in [0.2, 0.25) is 0 Å². The van der Waals surface area contributed by atoms with Gasteiger partial charge in [-0.3, -0.25) is 0 Å². The van der Waals surface area contributed by atoms with Gasteiger partial charge < -0.3 is 9.62 Å². The number of thiocarbonyl (C=S) groups is 1. The van der Waals surface area contributed by atoms with Crippen LogP contribution in [-0.4, -0.2) is 17.2 Å². The number of benzene rings is 2. The summed E-state index contributed by atoms with van der Waals surface area (Å²) in [5.74, 6) is 1.23. The van der Waals surface area contributed by atoms with Gasteiger partial charge in [0, 0.05) is 11.3 Å². The third-order valence-corrected chi connectivity index (χ3v) is 3.19. The summed E-state index contributed by atoms with van der Waals surface area (Å²) in [6.07, 6.45) is 0.674. The molecule has 2 aromatic rings. The molecule has 2 aromatic carbocycles. The topological polar surface area (TPSA) is 38.7 Å². The smallest absolute Gasteiger partial charge is 0.165 e. The zero-order valence-corrected chi connectivity index (χ0v) is 11.3. The van der Waals surface area contributed by atoms with Crippen LogP contribution in [0.5, 0.6) is 11.5 Å². The molecule has 98 valence electrons. The summed E-state index contributed by atoms with van der Waals surface area (Å²) >= 11 is 5.42. The highest BCUT2D eigenvalue weighted by Gasteiger charge is 2.04. The normalized spacial score (nSPS) is 10.0. The molecule has 0 fully saturated rings. The van der Waals surface area contributed by atoms with Crippen molar-refractivity contribution in [3.05, 3.63) is 59.7 Å². The number of hydrogen-bond acceptors (Lipinski definition) is 4. The van der Waals surface area contributed by atoms with E-state index in [1.165, 1.54) is 0 Å². The minimum atomic E-state index is 0.416. The minimum Gasteiger partial charge on any atom is -0.497 e. The molecular formula is C15H14O3S. The highest BCUT2D eigenvalue weighted by atomic mass is 32.1. The van der Waals surface area contributed by atoms with Crippen molar-refractivity contribution in [3.8, 4) is 11.5 Å². The zero-order valence-electron chi connectivity index (χ0n) is 10.5. The zero-order chi connectivity index (χ0) is 13.7. The van der Waals surface area contributed by atoms with Gasteiger partial charge in [0.15, 0.2) is 5.75 Å². The minimum absolute atomic E-state index is 0.416. The second kappa shape index (κ2) is 6.31. The average Bonchev–Trinajstić information content (AvgIpc) is 2.48. The van der Waals surface area contributed by atoms with E-state index in [1.54, 1.807) is 19.2 Å². The first-order chi connectivity index (χ1) is 9.22. The highest BCUT2D eigenvalue weighted by Crippen LogP contribution is 2.16. The van der Waals surface area contributed by atoms with Crippen LogP contribution in [0.2, 0.25) is 0 Å². The summed E-state index contributed by atoms with van der Waals surface area (Å²) in [6, 6.07) is 14.8. The van der Waals surface area contributed by atoms with Crippen LogP contribution in [0, 0.1) is 0 Å². The maximum absolute atomic E-state index is 8.50. The van der Waals surface area contributed by atoms with Gasteiger partial charge in [-0.05, 0) is 35.4 Å². The van der Waals surface area contributed by atoms with Gasteiger partial charge in [-0.2, -0.15) is 0 Å². The van der Waals surface area contributed by atoms with E-state index < -0.39 is 0 Å². The van der Waals surface area contributed by atoms with Gasteiger partial charge in [-0.1, -0.05) is 36.5 Å². The summed E-state index contributed by atoms with van der Waals surface area (Å²) < 4.78 is 5.11. The van der Waals surface area contributed by atoms with Crippen molar-refractivity contribution in [1.29, 1.82) is 0 Å². The quantitative estimate of drug-likeness (QED) is 0.392. The van der Waals surface area contributed by atoms with Crippen LogP contribution < -0.4 is 9.62 Å². The Morgan fingerprint density at radius 1 is 1.00 bits per heavy atom. The summed E-state index contributed by atoms with van der Waals surface area (Å²) in [5, 5.41) is 8.50. The molecule has 0 aliphatic carbocycles. The molecule has 0 unspecified atom stereocenters. The maximum Gasteiger partial charge on any atom is 0.165 e. The molecule has 0 aliphatic heterocycles. The molecule has 0 radical (unpaired) electrons. The van der Waals surface area contributed by atoms with Crippen molar-refractivity contribution in [1.82, 2.24) is 0 Å². The van der Waals surface area contributed by atoms with Crippen molar-refractivity contribution >= 4 is 17.1 Å². The summed E-state index contributed by atoms with van der Waals surface area (Å²) in [5.41, 5.74) is 2.08. The molecule has 2 rings (SSSR count). The molecule has 1 N–H and O–H groups in total. The molecule has 19 heavy (non-hydrogen) atoms. The Labute approximate surface area is 117 Å². The fourth-order valence-electron chi connectivity index (χ4n) is 1.73. The van der Waals surface area contributed by atoms with E-state index in [-0.39, 0.29) is 0 Å². The fourth-order valence-corrected chi connectivity index (χ4v) is 2.04. The molecule has 0 aromatic heterocycles.